The van der Waals surface area contributed by atoms with E-state index in [4.69, 9.17) is 9.47 Å². The first-order valence-corrected chi connectivity index (χ1v) is 12.5. The Bertz CT molecular complexity index is 1620. The molecule has 1 aliphatic rings. The van der Waals surface area contributed by atoms with Crippen LogP contribution in [0, 0.1) is 11.3 Å². The molecule has 12 nitrogen and oxygen atoms in total. The van der Waals surface area contributed by atoms with Crippen molar-refractivity contribution in [3.8, 4) is 17.6 Å². The molecule has 0 bridgehead atoms. The van der Waals surface area contributed by atoms with E-state index in [0.717, 1.165) is 6.42 Å². The van der Waals surface area contributed by atoms with Gasteiger partial charge in [-0.25, -0.2) is 18.7 Å². The van der Waals surface area contributed by atoms with E-state index in [1.807, 2.05) is 0 Å². The molecule has 1 fully saturated rings. The number of anilines is 3. The normalized spacial score (nSPS) is 15.4. The third-order valence-corrected chi connectivity index (χ3v) is 6.53. The van der Waals surface area contributed by atoms with Gasteiger partial charge < -0.3 is 24.7 Å². The number of ether oxygens (including phenoxy) is 2. The Morgan fingerprint density at radius 2 is 2.10 bits per heavy atom. The third-order valence-electron chi connectivity index (χ3n) is 6.53. The lowest BCUT2D eigenvalue weighted by Crippen LogP contribution is -2.23. The number of alkyl halides is 2. The van der Waals surface area contributed by atoms with Crippen molar-refractivity contribution in [2.24, 2.45) is 7.05 Å². The molecule has 2 N–H and O–H groups in total. The van der Waals surface area contributed by atoms with Crippen LogP contribution < -0.4 is 15.4 Å². The second-order valence-electron chi connectivity index (χ2n) is 9.90. The quantitative estimate of drug-likeness (QED) is 0.317. The van der Waals surface area contributed by atoms with Crippen molar-refractivity contribution >= 4 is 34.7 Å². The van der Waals surface area contributed by atoms with Gasteiger partial charge in [0.25, 0.3) is 6.43 Å². The van der Waals surface area contributed by atoms with E-state index in [0.29, 0.717) is 24.7 Å². The SMILES string of the molecule is CC(=O)Nc1cc(Oc2cnc3nc(Nc4cc(C(C)(C)C#N)n(C5CCOC5)n4)n(C)c3c2C(F)F)ccn1. The molecule has 1 unspecified atom stereocenters. The Balaban J connectivity index is 1.51. The first kappa shape index (κ1) is 26.9. The van der Waals surface area contributed by atoms with E-state index in [1.54, 1.807) is 31.6 Å². The predicted octanol–water partition coefficient (Wildman–Crippen LogP) is 4.75. The number of carbonyl (C=O) groups excluding carboxylic acids is 1. The van der Waals surface area contributed by atoms with E-state index in [1.165, 1.54) is 36.0 Å². The van der Waals surface area contributed by atoms with Gasteiger partial charge in [-0.1, -0.05) is 0 Å². The minimum atomic E-state index is -2.91. The fourth-order valence-corrected chi connectivity index (χ4v) is 4.52. The molecule has 1 saturated heterocycles. The van der Waals surface area contributed by atoms with Gasteiger partial charge >= 0.3 is 0 Å². The maximum Gasteiger partial charge on any atom is 0.269 e. The van der Waals surface area contributed by atoms with Crippen LogP contribution in [0.2, 0.25) is 0 Å². The predicted molar refractivity (Wildman–Crippen MR) is 141 cm³/mol. The van der Waals surface area contributed by atoms with E-state index < -0.39 is 17.4 Å². The molecule has 0 saturated carbocycles. The summed E-state index contributed by atoms with van der Waals surface area (Å²) in [6, 6.07) is 6.94. The second-order valence-corrected chi connectivity index (χ2v) is 9.90. The highest BCUT2D eigenvalue weighted by Crippen LogP contribution is 2.38. The summed E-state index contributed by atoms with van der Waals surface area (Å²) in [6.45, 7) is 6.02. The maximum atomic E-state index is 14.4. The lowest BCUT2D eigenvalue weighted by Gasteiger charge is -2.20. The van der Waals surface area contributed by atoms with Crippen LogP contribution in [0.25, 0.3) is 11.2 Å². The van der Waals surface area contributed by atoms with Crippen molar-refractivity contribution in [2.45, 2.75) is 45.1 Å². The standard InChI is InChI=1S/C26H27F2N9O3/c1-14(38)32-19-9-16(5-7-30-19)40-17-11-31-24-22(21(17)23(27)28)36(4)25(34-24)33-20-10-18(26(2,3)13-29)37(35-20)15-6-8-39-12-15/h5,7,9-11,15,23H,6,8,12H2,1-4H3,(H,30,32,38)(H,31,33,34,35). The summed E-state index contributed by atoms with van der Waals surface area (Å²) in [5, 5.41) is 20.0. The summed E-state index contributed by atoms with van der Waals surface area (Å²) < 4.78 is 43.4. The van der Waals surface area contributed by atoms with Crippen LogP contribution in [0.3, 0.4) is 0 Å². The van der Waals surface area contributed by atoms with Crippen LogP contribution in [0.4, 0.5) is 26.4 Å². The number of fused-ring (bicyclic) bond motifs is 1. The van der Waals surface area contributed by atoms with Gasteiger partial charge in [0.15, 0.2) is 17.2 Å². The highest BCUT2D eigenvalue weighted by molar-refractivity contribution is 5.87. The van der Waals surface area contributed by atoms with Crippen LogP contribution in [0.15, 0.2) is 30.6 Å². The van der Waals surface area contributed by atoms with E-state index in [9.17, 15) is 18.8 Å². The molecule has 208 valence electrons. The molecular formula is C26H27F2N9O3. The molecule has 1 aliphatic heterocycles. The summed E-state index contributed by atoms with van der Waals surface area (Å²) in [6.07, 6.45) is 0.418. The van der Waals surface area contributed by atoms with Crippen molar-refractivity contribution in [2.75, 3.05) is 23.8 Å². The van der Waals surface area contributed by atoms with Crippen molar-refractivity contribution < 1.29 is 23.0 Å². The summed E-state index contributed by atoms with van der Waals surface area (Å²) in [5.41, 5.74) is -0.365. The Labute approximate surface area is 227 Å². The van der Waals surface area contributed by atoms with E-state index in [2.05, 4.69) is 36.8 Å². The van der Waals surface area contributed by atoms with Crippen molar-refractivity contribution in [3.63, 3.8) is 0 Å². The number of pyridine rings is 2. The summed E-state index contributed by atoms with van der Waals surface area (Å²) in [4.78, 5) is 24.0. The van der Waals surface area contributed by atoms with Crippen LogP contribution in [0.1, 0.15) is 50.9 Å². The minimum absolute atomic E-state index is 0.0234. The number of nitriles is 1. The average molecular weight is 552 g/mol. The number of amides is 1. The van der Waals surface area contributed by atoms with Gasteiger partial charge in [-0.15, -0.1) is 0 Å². The van der Waals surface area contributed by atoms with Gasteiger partial charge in [-0.05, 0) is 26.3 Å². The van der Waals surface area contributed by atoms with Gasteiger partial charge in [0.1, 0.15) is 17.1 Å². The number of aromatic nitrogens is 6. The van der Waals surface area contributed by atoms with Crippen LogP contribution >= 0.6 is 0 Å². The van der Waals surface area contributed by atoms with Gasteiger partial charge in [0.2, 0.25) is 11.9 Å². The van der Waals surface area contributed by atoms with Crippen LogP contribution in [-0.4, -0.2) is 48.4 Å². The van der Waals surface area contributed by atoms with E-state index >= 15 is 0 Å². The molecule has 0 aliphatic carbocycles. The topological polar surface area (TPSA) is 145 Å². The third kappa shape index (κ3) is 5.15. The smallest absolute Gasteiger partial charge is 0.269 e. The lowest BCUT2D eigenvalue weighted by atomic mass is 9.91. The van der Waals surface area contributed by atoms with E-state index in [-0.39, 0.29) is 46.4 Å². The fraction of sp³-hybridized carbons (Fsp3) is 0.385. The Morgan fingerprint density at radius 1 is 1.30 bits per heavy atom. The second kappa shape index (κ2) is 10.5. The van der Waals surface area contributed by atoms with Gasteiger partial charge in [0, 0.05) is 38.9 Å². The highest BCUT2D eigenvalue weighted by atomic mass is 19.3. The number of nitrogens with zero attached hydrogens (tertiary/aromatic N) is 7. The average Bonchev–Trinajstić information content (AvgIpc) is 3.64. The number of carbonyl (C=O) groups is 1. The van der Waals surface area contributed by atoms with Crippen molar-refractivity contribution in [1.29, 1.82) is 5.26 Å². The van der Waals surface area contributed by atoms with Crippen LogP contribution in [-0.2, 0) is 22.0 Å². The zero-order valence-corrected chi connectivity index (χ0v) is 22.3. The molecule has 0 radical (unpaired) electrons. The Morgan fingerprint density at radius 3 is 2.77 bits per heavy atom. The zero-order valence-electron chi connectivity index (χ0n) is 22.3. The number of hydrogen-bond acceptors (Lipinski definition) is 9. The summed E-state index contributed by atoms with van der Waals surface area (Å²) in [5.74, 6) is 0.540. The zero-order chi connectivity index (χ0) is 28.6. The first-order chi connectivity index (χ1) is 19.1. The molecule has 40 heavy (non-hydrogen) atoms. The summed E-state index contributed by atoms with van der Waals surface area (Å²) in [7, 11) is 1.58. The highest BCUT2D eigenvalue weighted by Gasteiger charge is 2.31. The first-order valence-electron chi connectivity index (χ1n) is 12.5. The molecule has 14 heteroatoms. The molecule has 0 aromatic carbocycles. The molecule has 5 heterocycles. The molecule has 1 atom stereocenters. The molecule has 0 spiro atoms. The van der Waals surface area contributed by atoms with Gasteiger partial charge in [-0.2, -0.15) is 15.3 Å². The Kier molecular flexibility index (Phi) is 7.07. The largest absolute Gasteiger partial charge is 0.455 e. The number of rotatable bonds is 8. The molecule has 1 amide bonds. The number of aryl methyl sites for hydroxylation is 1. The van der Waals surface area contributed by atoms with Gasteiger partial charge in [0.05, 0.1) is 41.6 Å². The molecule has 5 rings (SSSR count). The minimum Gasteiger partial charge on any atom is -0.455 e. The number of imidazole rings is 1. The molecule has 4 aromatic rings. The number of hydrogen-bond donors (Lipinski definition) is 2. The lowest BCUT2D eigenvalue weighted by molar-refractivity contribution is -0.114. The number of halogens is 2. The Hall–Kier alpha value is -4.64. The van der Waals surface area contributed by atoms with Crippen molar-refractivity contribution in [1.82, 2.24) is 29.3 Å². The fourth-order valence-electron chi connectivity index (χ4n) is 4.52. The van der Waals surface area contributed by atoms with Gasteiger partial charge in [-0.3, -0.25) is 9.48 Å². The number of nitrogens with one attached hydrogen (secondary N) is 2. The molecular weight excluding hydrogens is 524 g/mol. The summed E-state index contributed by atoms with van der Waals surface area (Å²) >= 11 is 0. The maximum absolute atomic E-state index is 14.4. The van der Waals surface area contributed by atoms with Crippen LogP contribution in [0.5, 0.6) is 11.5 Å². The molecule has 4 aromatic heterocycles. The van der Waals surface area contributed by atoms with Crippen molar-refractivity contribution in [3.05, 3.63) is 41.9 Å². The monoisotopic (exact) mass is 551 g/mol.